The fourth-order valence-electron chi connectivity index (χ4n) is 1.53. The summed E-state index contributed by atoms with van der Waals surface area (Å²) in [6, 6.07) is 11.1. The first-order valence-electron chi connectivity index (χ1n) is 5.38. The van der Waals surface area contributed by atoms with Crippen molar-refractivity contribution in [1.82, 2.24) is 0 Å². The first-order valence-corrected chi connectivity index (χ1v) is 6.17. The van der Waals surface area contributed by atoms with E-state index in [-0.39, 0.29) is 12.4 Å². The maximum absolute atomic E-state index is 13.4. The lowest BCUT2D eigenvalue weighted by Crippen LogP contribution is -2.00. The normalized spacial score (nSPS) is 10.2. The number of ether oxygens (including phenoxy) is 1. The smallest absolute Gasteiger partial charge is 0.346 e. The molecule has 0 saturated heterocycles. The van der Waals surface area contributed by atoms with Crippen LogP contribution in [0, 0.1) is 15.9 Å². The van der Waals surface area contributed by atoms with E-state index in [2.05, 4.69) is 15.9 Å². The summed E-state index contributed by atoms with van der Waals surface area (Å²) in [7, 11) is 0. The summed E-state index contributed by atoms with van der Waals surface area (Å²) >= 11 is 3.30. The molecule has 0 spiro atoms. The third-order valence-electron chi connectivity index (χ3n) is 2.44. The maximum atomic E-state index is 13.4. The van der Waals surface area contributed by atoms with Gasteiger partial charge in [0.05, 0.1) is 4.92 Å². The first-order chi connectivity index (χ1) is 9.08. The topological polar surface area (TPSA) is 52.4 Å². The van der Waals surface area contributed by atoms with Crippen LogP contribution in [0.5, 0.6) is 5.75 Å². The van der Waals surface area contributed by atoms with Gasteiger partial charge in [-0.2, -0.15) is 4.39 Å². The van der Waals surface area contributed by atoms with Crippen LogP contribution < -0.4 is 4.74 Å². The van der Waals surface area contributed by atoms with Gasteiger partial charge in [-0.25, -0.2) is 0 Å². The van der Waals surface area contributed by atoms with Crippen LogP contribution in [0.2, 0.25) is 0 Å². The Hall–Kier alpha value is -1.95. The Bertz CT molecular complexity index is 601. The van der Waals surface area contributed by atoms with Crippen molar-refractivity contribution in [2.75, 3.05) is 0 Å². The van der Waals surface area contributed by atoms with E-state index in [1.807, 2.05) is 24.3 Å². The molecule has 0 saturated carbocycles. The zero-order valence-electron chi connectivity index (χ0n) is 9.68. The standard InChI is InChI=1S/C13H9BrFNO3/c14-10-6-4-9(5-7-10)8-19-12-3-1-2-11(15)13(12)16(17)18/h1-7H,8H2. The molecular formula is C13H9BrFNO3. The highest BCUT2D eigenvalue weighted by Crippen LogP contribution is 2.30. The number of benzene rings is 2. The van der Waals surface area contributed by atoms with Crippen LogP contribution in [-0.4, -0.2) is 4.92 Å². The highest BCUT2D eigenvalue weighted by atomic mass is 79.9. The Morgan fingerprint density at radius 1 is 1.21 bits per heavy atom. The average molecular weight is 326 g/mol. The van der Waals surface area contributed by atoms with Crippen LogP contribution in [-0.2, 0) is 6.61 Å². The van der Waals surface area contributed by atoms with Crippen LogP contribution in [0.1, 0.15) is 5.56 Å². The molecule has 0 heterocycles. The molecule has 2 rings (SSSR count). The fraction of sp³-hybridized carbons (Fsp3) is 0.0769. The molecule has 0 atom stereocenters. The molecule has 0 bridgehead atoms. The molecule has 0 aliphatic carbocycles. The van der Waals surface area contributed by atoms with E-state index in [0.29, 0.717) is 0 Å². The summed E-state index contributed by atoms with van der Waals surface area (Å²) in [5.41, 5.74) is 0.196. The third kappa shape index (κ3) is 3.29. The molecule has 0 amide bonds. The number of nitro groups is 1. The first kappa shape index (κ1) is 13.5. The van der Waals surface area contributed by atoms with Crippen LogP contribution in [0.15, 0.2) is 46.9 Å². The lowest BCUT2D eigenvalue weighted by atomic mass is 10.2. The van der Waals surface area contributed by atoms with E-state index in [1.54, 1.807) is 0 Å². The van der Waals surface area contributed by atoms with E-state index < -0.39 is 16.4 Å². The Morgan fingerprint density at radius 2 is 1.89 bits per heavy atom. The molecule has 2 aromatic rings. The van der Waals surface area contributed by atoms with Gasteiger partial charge in [0.1, 0.15) is 6.61 Å². The number of para-hydroxylation sites is 1. The summed E-state index contributed by atoms with van der Waals surface area (Å²) in [5, 5.41) is 10.8. The van der Waals surface area contributed by atoms with E-state index in [1.165, 1.54) is 12.1 Å². The van der Waals surface area contributed by atoms with Gasteiger partial charge in [0, 0.05) is 4.47 Å². The van der Waals surface area contributed by atoms with Crippen LogP contribution in [0.25, 0.3) is 0 Å². The van der Waals surface area contributed by atoms with Crippen LogP contribution in [0.3, 0.4) is 0 Å². The van der Waals surface area contributed by atoms with Gasteiger partial charge in [0.15, 0.2) is 0 Å². The SMILES string of the molecule is O=[N+]([O-])c1c(F)cccc1OCc1ccc(Br)cc1. The van der Waals surface area contributed by atoms with Crippen molar-refractivity contribution in [1.29, 1.82) is 0 Å². The predicted molar refractivity (Wildman–Crippen MR) is 71.5 cm³/mol. The Balaban J connectivity index is 2.18. The summed E-state index contributed by atoms with van der Waals surface area (Å²) in [4.78, 5) is 9.99. The third-order valence-corrected chi connectivity index (χ3v) is 2.97. The minimum Gasteiger partial charge on any atom is -0.482 e. The quantitative estimate of drug-likeness (QED) is 0.628. The maximum Gasteiger partial charge on any atom is 0.346 e. The lowest BCUT2D eigenvalue weighted by molar-refractivity contribution is -0.388. The number of nitro benzene ring substituents is 1. The molecule has 0 aromatic heterocycles. The average Bonchev–Trinajstić information content (AvgIpc) is 2.37. The largest absolute Gasteiger partial charge is 0.482 e. The number of halogens is 2. The molecule has 19 heavy (non-hydrogen) atoms. The molecule has 0 aliphatic heterocycles. The van der Waals surface area contributed by atoms with Crippen molar-refractivity contribution in [3.05, 3.63) is 68.4 Å². The predicted octanol–water partition coefficient (Wildman–Crippen LogP) is 4.08. The highest BCUT2D eigenvalue weighted by molar-refractivity contribution is 9.10. The fourth-order valence-corrected chi connectivity index (χ4v) is 1.80. The van der Waals surface area contributed by atoms with E-state index in [9.17, 15) is 14.5 Å². The zero-order chi connectivity index (χ0) is 13.8. The number of hydrogen-bond donors (Lipinski definition) is 0. The second-order valence-corrected chi connectivity index (χ2v) is 4.67. The number of rotatable bonds is 4. The van der Waals surface area contributed by atoms with Crippen LogP contribution in [0.4, 0.5) is 10.1 Å². The van der Waals surface area contributed by atoms with Gasteiger partial charge in [-0.3, -0.25) is 10.1 Å². The molecule has 0 fully saturated rings. The highest BCUT2D eigenvalue weighted by Gasteiger charge is 2.20. The van der Waals surface area contributed by atoms with Gasteiger partial charge in [-0.05, 0) is 29.8 Å². The molecule has 2 aromatic carbocycles. The zero-order valence-corrected chi connectivity index (χ0v) is 11.3. The molecule has 4 nitrogen and oxygen atoms in total. The molecule has 0 N–H and O–H groups in total. The molecule has 98 valence electrons. The minimum atomic E-state index is -0.904. The van der Waals surface area contributed by atoms with E-state index in [0.717, 1.165) is 16.1 Å². The molecule has 0 unspecified atom stereocenters. The Morgan fingerprint density at radius 3 is 2.53 bits per heavy atom. The van der Waals surface area contributed by atoms with Gasteiger partial charge in [-0.15, -0.1) is 0 Å². The van der Waals surface area contributed by atoms with Gasteiger partial charge >= 0.3 is 5.69 Å². The Labute approximate surface area is 117 Å². The second kappa shape index (κ2) is 5.79. The van der Waals surface area contributed by atoms with E-state index >= 15 is 0 Å². The van der Waals surface area contributed by atoms with Crippen molar-refractivity contribution in [3.63, 3.8) is 0 Å². The number of nitrogens with zero attached hydrogens (tertiary/aromatic N) is 1. The van der Waals surface area contributed by atoms with Gasteiger partial charge in [0.2, 0.25) is 11.6 Å². The summed E-state index contributed by atoms with van der Waals surface area (Å²) in [5.74, 6) is -0.980. The number of hydrogen-bond acceptors (Lipinski definition) is 3. The molecule has 0 aliphatic rings. The monoisotopic (exact) mass is 325 g/mol. The summed E-state index contributed by atoms with van der Waals surface area (Å²) in [6.45, 7) is 0.136. The Kier molecular flexibility index (Phi) is 4.11. The van der Waals surface area contributed by atoms with Crippen molar-refractivity contribution in [2.24, 2.45) is 0 Å². The lowest BCUT2D eigenvalue weighted by Gasteiger charge is -2.07. The molecule has 0 radical (unpaired) electrons. The molecular weight excluding hydrogens is 317 g/mol. The van der Waals surface area contributed by atoms with Crippen LogP contribution >= 0.6 is 15.9 Å². The summed E-state index contributed by atoms with van der Waals surface area (Å²) in [6.07, 6.45) is 0. The van der Waals surface area contributed by atoms with Crippen molar-refractivity contribution < 1.29 is 14.1 Å². The van der Waals surface area contributed by atoms with E-state index in [4.69, 9.17) is 4.74 Å². The van der Waals surface area contributed by atoms with Gasteiger partial charge < -0.3 is 4.74 Å². The minimum absolute atomic E-state index is 0.0760. The van der Waals surface area contributed by atoms with Crippen molar-refractivity contribution in [2.45, 2.75) is 6.61 Å². The second-order valence-electron chi connectivity index (χ2n) is 3.76. The van der Waals surface area contributed by atoms with Crippen molar-refractivity contribution >= 4 is 21.6 Å². The van der Waals surface area contributed by atoms with Crippen molar-refractivity contribution in [3.8, 4) is 5.75 Å². The summed E-state index contributed by atoms with van der Waals surface area (Å²) < 4.78 is 19.6. The molecule has 6 heteroatoms. The van der Waals surface area contributed by atoms with Gasteiger partial charge in [-0.1, -0.05) is 34.1 Å². The van der Waals surface area contributed by atoms with Gasteiger partial charge in [0.25, 0.3) is 0 Å².